The number of thioether (sulfide) groups is 1. The quantitative estimate of drug-likeness (QED) is 0.349. The van der Waals surface area contributed by atoms with Crippen molar-refractivity contribution in [2.75, 3.05) is 5.75 Å². The molecule has 2 nitrogen and oxygen atoms in total. The zero-order chi connectivity index (χ0) is 22.4. The Morgan fingerprint density at radius 2 is 1.77 bits per heavy atom. The van der Waals surface area contributed by atoms with Crippen molar-refractivity contribution in [2.45, 2.75) is 57.1 Å². The van der Waals surface area contributed by atoms with Gasteiger partial charge in [0.2, 0.25) is 0 Å². The third-order valence-corrected chi connectivity index (χ3v) is 6.12. The number of carbonyl (C=O) groups excluding carboxylic acids is 1. The Hall–Kier alpha value is -2.21. The monoisotopic (exact) mass is 435 g/mol. The van der Waals surface area contributed by atoms with Gasteiger partial charge in [0.15, 0.2) is 5.78 Å². The lowest BCUT2D eigenvalue weighted by Crippen LogP contribution is -2.35. The molecular weight excluding hydrogens is 407 g/mol. The van der Waals surface area contributed by atoms with Crippen LogP contribution < -0.4 is 5.32 Å². The molecule has 1 N–H and O–H groups in total. The summed E-state index contributed by atoms with van der Waals surface area (Å²) in [6.07, 6.45) is -1.26. The van der Waals surface area contributed by atoms with Gasteiger partial charge in [0.25, 0.3) is 0 Å². The van der Waals surface area contributed by atoms with Crippen LogP contribution in [0.25, 0.3) is 5.57 Å². The first-order valence-electron chi connectivity index (χ1n) is 9.96. The molecule has 0 saturated heterocycles. The zero-order valence-electron chi connectivity index (χ0n) is 17.8. The van der Waals surface area contributed by atoms with Crippen LogP contribution in [0.5, 0.6) is 0 Å². The maximum atomic E-state index is 13.2. The normalized spacial score (nSPS) is 12.7. The van der Waals surface area contributed by atoms with Crippen molar-refractivity contribution >= 4 is 23.1 Å². The Bertz CT molecular complexity index is 903. The average Bonchev–Trinajstić information content (AvgIpc) is 2.72. The van der Waals surface area contributed by atoms with Gasteiger partial charge >= 0.3 is 6.18 Å². The first-order chi connectivity index (χ1) is 14.1. The molecule has 2 aromatic carbocycles. The lowest BCUT2D eigenvalue weighted by Gasteiger charge is -2.24. The minimum absolute atomic E-state index is 0.146. The molecule has 0 radical (unpaired) electrons. The fourth-order valence-electron chi connectivity index (χ4n) is 2.72. The van der Waals surface area contributed by atoms with Crippen molar-refractivity contribution in [1.82, 2.24) is 5.32 Å². The van der Waals surface area contributed by atoms with Crippen LogP contribution in [0.3, 0.4) is 0 Å². The fourth-order valence-corrected chi connectivity index (χ4v) is 3.73. The molecule has 0 amide bonds. The molecule has 0 unspecified atom stereocenters. The van der Waals surface area contributed by atoms with Gasteiger partial charge in [-0.05, 0) is 56.0 Å². The molecular formula is C24H28F3NOS. The van der Waals surface area contributed by atoms with Crippen LogP contribution in [0, 0.1) is 0 Å². The van der Waals surface area contributed by atoms with Crippen LogP contribution in [0.2, 0.25) is 0 Å². The highest BCUT2D eigenvalue weighted by Gasteiger charge is 2.31. The summed E-state index contributed by atoms with van der Waals surface area (Å²) < 4.78 is 39.6. The summed E-state index contributed by atoms with van der Waals surface area (Å²) in [5, 5.41) is 3.19. The van der Waals surface area contributed by atoms with E-state index in [2.05, 4.69) is 5.32 Å². The number of benzene rings is 2. The summed E-state index contributed by atoms with van der Waals surface area (Å²) >= 11 is 1.41. The van der Waals surface area contributed by atoms with Crippen LogP contribution in [0.1, 0.15) is 50.8 Å². The number of carbonyl (C=O) groups is 1. The highest BCUT2D eigenvalue weighted by molar-refractivity contribution is 8.00. The second-order valence-electron chi connectivity index (χ2n) is 7.69. The standard InChI is InChI=1S/C24H28F3NOS/c1-5-17-10-7-8-13-22(17)30-16-21(29)20(15-28-23(3,4)6-2)18-11-9-12-19(14-18)24(25,26)27/h7-15,28H,5-6,16H2,1-4H3/b20-15+. The van der Waals surface area contributed by atoms with E-state index >= 15 is 0 Å². The van der Waals surface area contributed by atoms with Gasteiger partial charge < -0.3 is 5.32 Å². The molecule has 6 heteroatoms. The average molecular weight is 436 g/mol. The van der Waals surface area contributed by atoms with Crippen molar-refractivity contribution in [3.05, 3.63) is 71.4 Å². The number of Topliss-reactive ketones (excluding diaryl/α,β-unsaturated/α-hetero) is 1. The number of alkyl halides is 3. The van der Waals surface area contributed by atoms with Crippen LogP contribution in [-0.2, 0) is 17.4 Å². The lowest BCUT2D eigenvalue weighted by atomic mass is 9.99. The molecule has 0 aliphatic heterocycles. The van der Waals surface area contributed by atoms with Crippen molar-refractivity contribution < 1.29 is 18.0 Å². The molecule has 0 heterocycles. The lowest BCUT2D eigenvalue weighted by molar-refractivity contribution is -0.137. The highest BCUT2D eigenvalue weighted by Crippen LogP contribution is 2.32. The van der Waals surface area contributed by atoms with Gasteiger partial charge in [-0.15, -0.1) is 11.8 Å². The molecule has 0 aliphatic carbocycles. The van der Waals surface area contributed by atoms with Crippen molar-refractivity contribution in [3.8, 4) is 0 Å². The smallest absolute Gasteiger partial charge is 0.385 e. The Morgan fingerprint density at radius 3 is 2.40 bits per heavy atom. The SMILES string of the molecule is CCc1ccccc1SCC(=O)/C(=C/NC(C)(C)CC)c1cccc(C(F)(F)F)c1. The number of halogens is 3. The van der Waals surface area contributed by atoms with E-state index in [4.69, 9.17) is 0 Å². The number of hydrogen-bond acceptors (Lipinski definition) is 3. The Morgan fingerprint density at radius 1 is 1.07 bits per heavy atom. The van der Waals surface area contributed by atoms with Crippen LogP contribution in [0.4, 0.5) is 13.2 Å². The van der Waals surface area contributed by atoms with Gasteiger partial charge in [-0.1, -0.05) is 44.2 Å². The Labute approximate surface area is 181 Å². The largest absolute Gasteiger partial charge is 0.416 e. The van der Waals surface area contributed by atoms with Crippen LogP contribution >= 0.6 is 11.8 Å². The molecule has 162 valence electrons. The molecule has 0 aliphatic rings. The molecule has 30 heavy (non-hydrogen) atoms. The van der Waals surface area contributed by atoms with Gasteiger partial charge in [-0.3, -0.25) is 4.79 Å². The van der Waals surface area contributed by atoms with E-state index in [-0.39, 0.29) is 28.2 Å². The van der Waals surface area contributed by atoms with Crippen molar-refractivity contribution in [2.24, 2.45) is 0 Å². The third kappa shape index (κ3) is 6.66. The molecule has 0 aromatic heterocycles. The van der Waals surface area contributed by atoms with E-state index in [0.717, 1.165) is 35.4 Å². The van der Waals surface area contributed by atoms with E-state index < -0.39 is 11.7 Å². The molecule has 2 rings (SSSR count). The summed E-state index contributed by atoms with van der Waals surface area (Å²) in [4.78, 5) is 14.1. The molecule has 0 bridgehead atoms. The van der Waals surface area contributed by atoms with E-state index in [9.17, 15) is 18.0 Å². The first-order valence-corrected chi connectivity index (χ1v) is 11.0. The predicted octanol–water partition coefficient (Wildman–Crippen LogP) is 6.75. The second-order valence-corrected chi connectivity index (χ2v) is 8.71. The minimum atomic E-state index is -4.46. The maximum absolute atomic E-state index is 13.2. The number of hydrogen-bond donors (Lipinski definition) is 1. The summed E-state index contributed by atoms with van der Waals surface area (Å²) in [6, 6.07) is 12.8. The number of nitrogens with one attached hydrogen (secondary N) is 1. The van der Waals surface area contributed by atoms with E-state index in [1.54, 1.807) is 12.3 Å². The number of ketones is 1. The van der Waals surface area contributed by atoms with Gasteiger partial charge in [0.1, 0.15) is 0 Å². The van der Waals surface area contributed by atoms with Gasteiger partial charge in [0, 0.05) is 22.2 Å². The van der Waals surface area contributed by atoms with Crippen LogP contribution in [0.15, 0.2) is 59.6 Å². The minimum Gasteiger partial charge on any atom is -0.385 e. The number of allylic oxidation sites excluding steroid dienone is 1. The number of rotatable bonds is 9. The molecule has 2 aromatic rings. The van der Waals surface area contributed by atoms with Crippen LogP contribution in [-0.4, -0.2) is 17.1 Å². The molecule has 0 saturated carbocycles. The molecule has 0 atom stereocenters. The summed E-state index contributed by atoms with van der Waals surface area (Å²) in [7, 11) is 0. The fraction of sp³-hybridized carbons (Fsp3) is 0.375. The maximum Gasteiger partial charge on any atom is 0.416 e. The summed E-state index contributed by atoms with van der Waals surface area (Å²) in [5.74, 6) is -0.0718. The van der Waals surface area contributed by atoms with E-state index in [1.807, 2.05) is 52.0 Å². The topological polar surface area (TPSA) is 29.1 Å². The summed E-state index contributed by atoms with van der Waals surface area (Å²) in [5.41, 5.74) is 0.611. The van der Waals surface area contributed by atoms with Gasteiger partial charge in [-0.25, -0.2) is 0 Å². The second kappa shape index (κ2) is 10.2. The van der Waals surface area contributed by atoms with Crippen molar-refractivity contribution in [1.29, 1.82) is 0 Å². The Kier molecular flexibility index (Phi) is 8.18. The molecule has 0 spiro atoms. The molecule has 0 fully saturated rings. The van der Waals surface area contributed by atoms with Crippen molar-refractivity contribution in [3.63, 3.8) is 0 Å². The predicted molar refractivity (Wildman–Crippen MR) is 118 cm³/mol. The summed E-state index contributed by atoms with van der Waals surface area (Å²) in [6.45, 7) is 8.00. The Balaban J connectivity index is 2.34. The van der Waals surface area contributed by atoms with E-state index in [1.165, 1.54) is 17.8 Å². The third-order valence-electron chi connectivity index (χ3n) is 5.00. The van der Waals surface area contributed by atoms with E-state index in [0.29, 0.717) is 0 Å². The highest BCUT2D eigenvalue weighted by atomic mass is 32.2. The van der Waals surface area contributed by atoms with Gasteiger partial charge in [0.05, 0.1) is 11.3 Å². The first kappa shape index (κ1) is 24.1. The van der Waals surface area contributed by atoms with Gasteiger partial charge in [-0.2, -0.15) is 13.2 Å². The number of aryl methyl sites for hydroxylation is 1. The zero-order valence-corrected chi connectivity index (χ0v) is 18.6.